The Labute approximate surface area is 70.8 Å². The van der Waals surface area contributed by atoms with Crippen molar-refractivity contribution in [3.05, 3.63) is 0 Å². The lowest BCUT2D eigenvalue weighted by molar-refractivity contribution is -0.00329. The topological polar surface area (TPSA) is 18.5 Å². The second kappa shape index (κ2) is 4.39. The molecule has 1 aliphatic heterocycles. The molecule has 1 rings (SSSR count). The molecule has 1 heterocycles. The lowest BCUT2D eigenvalue weighted by Gasteiger charge is -2.15. The Balaban J connectivity index is 2.37. The molecule has 0 N–H and O–H groups in total. The predicted molar refractivity (Wildman–Crippen MR) is 48.9 cm³/mol. The Morgan fingerprint density at radius 1 is 1.64 bits per heavy atom. The summed E-state index contributed by atoms with van der Waals surface area (Å²) < 4.78 is 11.2. The van der Waals surface area contributed by atoms with Gasteiger partial charge in [-0.05, 0) is 20.0 Å². The van der Waals surface area contributed by atoms with Crippen LogP contribution in [0.4, 0.5) is 0 Å². The third-order valence-corrected chi connectivity index (χ3v) is 2.46. The summed E-state index contributed by atoms with van der Waals surface area (Å²) in [6.45, 7) is 4.93. The molecule has 4 atom stereocenters. The average molecular weight is 176 g/mol. The molecule has 0 amide bonds. The smallest absolute Gasteiger partial charge is 0.0875 e. The quantitative estimate of drug-likeness (QED) is 0.606. The molecule has 1 aliphatic rings. The summed E-state index contributed by atoms with van der Waals surface area (Å²) in [6, 6.07) is 0. The first kappa shape index (κ1) is 9.44. The molecule has 66 valence electrons. The first-order valence-corrected chi connectivity index (χ1v) is 5.06. The summed E-state index contributed by atoms with van der Waals surface area (Å²) in [5.74, 6) is 0. The summed E-state index contributed by atoms with van der Waals surface area (Å²) >= 11 is 0. The summed E-state index contributed by atoms with van der Waals surface area (Å²) in [5.41, 5.74) is 0. The largest absolute Gasteiger partial charge is 0.376 e. The van der Waals surface area contributed by atoms with Gasteiger partial charge in [-0.2, -0.15) is 0 Å². The van der Waals surface area contributed by atoms with Crippen molar-refractivity contribution in [1.82, 2.24) is 0 Å². The Morgan fingerprint density at radius 3 is 2.91 bits per heavy atom. The van der Waals surface area contributed by atoms with Crippen LogP contribution >= 0.6 is 9.24 Å². The molecule has 0 spiro atoms. The van der Waals surface area contributed by atoms with Gasteiger partial charge in [-0.25, -0.2) is 0 Å². The highest BCUT2D eigenvalue weighted by atomic mass is 31.0. The SMILES string of the molecule is CCOC1CC(C)OC1CP. The van der Waals surface area contributed by atoms with Crippen molar-refractivity contribution in [2.45, 2.75) is 38.6 Å². The highest BCUT2D eigenvalue weighted by Crippen LogP contribution is 2.23. The van der Waals surface area contributed by atoms with E-state index in [2.05, 4.69) is 16.2 Å². The van der Waals surface area contributed by atoms with Gasteiger partial charge in [-0.1, -0.05) is 0 Å². The van der Waals surface area contributed by atoms with Gasteiger partial charge in [0.15, 0.2) is 0 Å². The van der Waals surface area contributed by atoms with Gasteiger partial charge >= 0.3 is 0 Å². The average Bonchev–Trinajstić information content (AvgIpc) is 2.32. The fraction of sp³-hybridized carbons (Fsp3) is 1.00. The minimum absolute atomic E-state index is 0.301. The van der Waals surface area contributed by atoms with Crippen LogP contribution in [0.2, 0.25) is 0 Å². The molecule has 0 radical (unpaired) electrons. The van der Waals surface area contributed by atoms with Crippen molar-refractivity contribution in [2.24, 2.45) is 0 Å². The fourth-order valence-electron chi connectivity index (χ4n) is 1.52. The maximum atomic E-state index is 5.63. The summed E-state index contributed by atoms with van der Waals surface area (Å²) in [7, 11) is 2.71. The highest BCUT2D eigenvalue weighted by Gasteiger charge is 2.31. The van der Waals surface area contributed by atoms with E-state index < -0.39 is 0 Å². The predicted octanol–water partition coefficient (Wildman–Crippen LogP) is 1.44. The Bertz CT molecular complexity index is 119. The number of ether oxygens (including phenoxy) is 2. The standard InChI is InChI=1S/C8H17O2P/c1-3-9-7-4-6(2)10-8(7)5-11/h6-8H,3-5,11H2,1-2H3. The van der Waals surface area contributed by atoms with Crippen LogP contribution in [0, 0.1) is 0 Å². The van der Waals surface area contributed by atoms with Crippen molar-refractivity contribution < 1.29 is 9.47 Å². The van der Waals surface area contributed by atoms with Crippen LogP contribution in [0.15, 0.2) is 0 Å². The fourth-order valence-corrected chi connectivity index (χ4v) is 1.93. The zero-order valence-corrected chi connectivity index (χ0v) is 8.40. The van der Waals surface area contributed by atoms with Gasteiger partial charge in [-0.3, -0.25) is 0 Å². The summed E-state index contributed by atoms with van der Waals surface area (Å²) in [4.78, 5) is 0. The molecule has 0 aromatic heterocycles. The minimum Gasteiger partial charge on any atom is -0.376 e. The van der Waals surface area contributed by atoms with Crippen LogP contribution in [0.25, 0.3) is 0 Å². The van der Waals surface area contributed by atoms with E-state index in [1.54, 1.807) is 0 Å². The monoisotopic (exact) mass is 176 g/mol. The zero-order chi connectivity index (χ0) is 8.27. The van der Waals surface area contributed by atoms with E-state index in [0.717, 1.165) is 19.2 Å². The van der Waals surface area contributed by atoms with Crippen LogP contribution in [0.5, 0.6) is 0 Å². The molecule has 0 bridgehead atoms. The number of hydrogen-bond donors (Lipinski definition) is 0. The van der Waals surface area contributed by atoms with Crippen LogP contribution < -0.4 is 0 Å². The molecule has 0 aliphatic carbocycles. The van der Waals surface area contributed by atoms with Crippen LogP contribution in [0.1, 0.15) is 20.3 Å². The van der Waals surface area contributed by atoms with Gasteiger partial charge in [0.1, 0.15) is 0 Å². The first-order chi connectivity index (χ1) is 5.27. The van der Waals surface area contributed by atoms with Crippen molar-refractivity contribution in [3.8, 4) is 0 Å². The minimum atomic E-state index is 0.301. The molecule has 1 fully saturated rings. The molecule has 2 nitrogen and oxygen atoms in total. The molecular formula is C8H17O2P. The van der Waals surface area contributed by atoms with Gasteiger partial charge in [0.25, 0.3) is 0 Å². The molecule has 3 heteroatoms. The third-order valence-electron chi connectivity index (χ3n) is 2.00. The lowest BCUT2D eigenvalue weighted by Crippen LogP contribution is -2.25. The van der Waals surface area contributed by atoms with E-state index in [4.69, 9.17) is 9.47 Å². The third kappa shape index (κ3) is 2.40. The highest BCUT2D eigenvalue weighted by molar-refractivity contribution is 7.16. The number of rotatable bonds is 3. The second-order valence-electron chi connectivity index (χ2n) is 2.95. The zero-order valence-electron chi connectivity index (χ0n) is 7.25. The van der Waals surface area contributed by atoms with E-state index >= 15 is 0 Å². The van der Waals surface area contributed by atoms with Crippen LogP contribution in [-0.4, -0.2) is 31.1 Å². The maximum absolute atomic E-state index is 5.63. The summed E-state index contributed by atoms with van der Waals surface area (Å²) in [5, 5.41) is 0. The molecule has 0 saturated carbocycles. The molecular weight excluding hydrogens is 159 g/mol. The second-order valence-corrected chi connectivity index (χ2v) is 3.42. The van der Waals surface area contributed by atoms with Crippen LogP contribution in [-0.2, 0) is 9.47 Å². The number of hydrogen-bond acceptors (Lipinski definition) is 2. The van der Waals surface area contributed by atoms with Gasteiger partial charge < -0.3 is 9.47 Å². The molecule has 1 saturated heterocycles. The first-order valence-electron chi connectivity index (χ1n) is 4.25. The van der Waals surface area contributed by atoms with Crippen LogP contribution in [0.3, 0.4) is 0 Å². The Kier molecular flexibility index (Phi) is 3.77. The normalized spacial score (nSPS) is 37.9. The van der Waals surface area contributed by atoms with E-state index in [1.165, 1.54) is 0 Å². The van der Waals surface area contributed by atoms with Crippen molar-refractivity contribution in [2.75, 3.05) is 12.8 Å². The molecule has 0 aromatic rings. The van der Waals surface area contributed by atoms with Gasteiger partial charge in [-0.15, -0.1) is 9.24 Å². The van der Waals surface area contributed by atoms with E-state index in [1.807, 2.05) is 6.92 Å². The van der Waals surface area contributed by atoms with E-state index in [0.29, 0.717) is 18.3 Å². The van der Waals surface area contributed by atoms with Crippen molar-refractivity contribution >= 4 is 9.24 Å². The lowest BCUT2D eigenvalue weighted by atomic mass is 10.1. The van der Waals surface area contributed by atoms with Crippen molar-refractivity contribution in [1.29, 1.82) is 0 Å². The molecule has 0 aromatic carbocycles. The Hall–Kier alpha value is 0.350. The maximum Gasteiger partial charge on any atom is 0.0875 e. The van der Waals surface area contributed by atoms with Gasteiger partial charge in [0, 0.05) is 13.0 Å². The van der Waals surface area contributed by atoms with Crippen molar-refractivity contribution in [3.63, 3.8) is 0 Å². The Morgan fingerprint density at radius 2 is 2.36 bits per heavy atom. The summed E-state index contributed by atoms with van der Waals surface area (Å²) in [6.07, 6.45) is 3.03. The van der Waals surface area contributed by atoms with E-state index in [-0.39, 0.29) is 0 Å². The molecule has 11 heavy (non-hydrogen) atoms. The van der Waals surface area contributed by atoms with E-state index in [9.17, 15) is 0 Å². The molecule has 4 unspecified atom stereocenters. The van der Waals surface area contributed by atoms with Gasteiger partial charge in [0.2, 0.25) is 0 Å². The van der Waals surface area contributed by atoms with Gasteiger partial charge in [0.05, 0.1) is 18.3 Å².